The van der Waals surface area contributed by atoms with E-state index in [4.69, 9.17) is 0 Å². The van der Waals surface area contributed by atoms with Gasteiger partial charge in [-0.3, -0.25) is 4.99 Å². The lowest BCUT2D eigenvalue weighted by Crippen LogP contribution is -1.96. The van der Waals surface area contributed by atoms with Gasteiger partial charge in [0.15, 0.2) is 5.82 Å². The van der Waals surface area contributed by atoms with E-state index >= 15 is 0 Å². The van der Waals surface area contributed by atoms with Gasteiger partial charge < -0.3 is 5.32 Å². The molecule has 0 saturated carbocycles. The molecule has 0 atom stereocenters. The number of aliphatic imine (C=N–C) groups is 1. The van der Waals surface area contributed by atoms with E-state index in [1.54, 1.807) is 6.33 Å². The molecule has 0 spiro atoms. The second-order valence-corrected chi connectivity index (χ2v) is 3.85. The summed E-state index contributed by atoms with van der Waals surface area (Å²) >= 11 is 0. The minimum atomic E-state index is 0.622. The summed E-state index contributed by atoms with van der Waals surface area (Å²) in [6, 6.07) is 0. The summed E-state index contributed by atoms with van der Waals surface area (Å²) in [6.07, 6.45) is 4.44. The molecule has 0 aliphatic heterocycles. The third kappa shape index (κ3) is 3.31. The largest absolute Gasteiger partial charge is 0.371 e. The Hall–Kier alpha value is -1.45. The highest BCUT2D eigenvalue weighted by Gasteiger charge is 2.04. The Kier molecular flexibility index (Phi) is 4.21. The van der Waals surface area contributed by atoms with Crippen LogP contribution in [0.5, 0.6) is 0 Å². The summed E-state index contributed by atoms with van der Waals surface area (Å²) in [5.41, 5.74) is 1.73. The number of aromatic nitrogens is 2. The minimum absolute atomic E-state index is 0.622. The zero-order chi connectivity index (χ0) is 11.3. The molecule has 0 bridgehead atoms. The highest BCUT2D eigenvalue weighted by molar-refractivity contribution is 5.71. The molecule has 1 heterocycles. The molecule has 0 aliphatic carbocycles. The molecule has 1 N–H and O–H groups in total. The molecule has 0 fully saturated rings. The van der Waals surface area contributed by atoms with Gasteiger partial charge in [0.05, 0.1) is 5.69 Å². The Morgan fingerprint density at radius 1 is 1.47 bits per heavy atom. The molecular formula is C11H18N4. The maximum absolute atomic E-state index is 4.40. The smallest absolute Gasteiger partial charge is 0.155 e. The van der Waals surface area contributed by atoms with E-state index in [0.717, 1.165) is 23.6 Å². The van der Waals surface area contributed by atoms with Gasteiger partial charge in [0.25, 0.3) is 0 Å². The Bertz CT molecular complexity index is 344. The molecule has 0 saturated heterocycles. The van der Waals surface area contributed by atoms with E-state index in [2.05, 4.69) is 34.1 Å². The first-order valence-corrected chi connectivity index (χ1v) is 5.17. The van der Waals surface area contributed by atoms with Crippen LogP contribution in [0.15, 0.2) is 11.3 Å². The van der Waals surface area contributed by atoms with Crippen molar-refractivity contribution in [3.63, 3.8) is 0 Å². The average molecular weight is 206 g/mol. The third-order valence-corrected chi connectivity index (χ3v) is 2.04. The van der Waals surface area contributed by atoms with Crippen LogP contribution in [0.1, 0.15) is 26.0 Å². The molecule has 0 aliphatic rings. The van der Waals surface area contributed by atoms with Crippen LogP contribution >= 0.6 is 0 Å². The summed E-state index contributed by atoms with van der Waals surface area (Å²) in [5, 5.41) is 3.01. The maximum Gasteiger partial charge on any atom is 0.155 e. The van der Waals surface area contributed by atoms with Crippen LogP contribution in [0.25, 0.3) is 0 Å². The first-order chi connectivity index (χ1) is 7.15. The highest BCUT2D eigenvalue weighted by atomic mass is 15.0. The van der Waals surface area contributed by atoms with Crippen LogP contribution in [-0.4, -0.2) is 23.2 Å². The van der Waals surface area contributed by atoms with Crippen molar-refractivity contribution in [3.8, 4) is 0 Å². The van der Waals surface area contributed by atoms with Crippen molar-refractivity contribution in [3.05, 3.63) is 12.0 Å². The lowest BCUT2D eigenvalue weighted by Gasteiger charge is -2.05. The fourth-order valence-corrected chi connectivity index (χ4v) is 1.16. The number of nitrogens with one attached hydrogen (secondary N) is 1. The number of rotatable bonds is 4. The molecule has 0 radical (unpaired) electrons. The molecule has 15 heavy (non-hydrogen) atoms. The van der Waals surface area contributed by atoms with Crippen LogP contribution in [0.2, 0.25) is 0 Å². The Balaban J connectivity index is 2.87. The van der Waals surface area contributed by atoms with Crippen molar-refractivity contribution in [2.24, 2.45) is 10.9 Å². The number of hydrogen-bond acceptors (Lipinski definition) is 4. The maximum atomic E-state index is 4.40. The second kappa shape index (κ2) is 5.44. The lowest BCUT2D eigenvalue weighted by atomic mass is 10.1. The lowest BCUT2D eigenvalue weighted by molar-refractivity contribution is 0.690. The normalized spacial score (nSPS) is 11.3. The van der Waals surface area contributed by atoms with Gasteiger partial charge in [-0.05, 0) is 19.3 Å². The van der Waals surface area contributed by atoms with Gasteiger partial charge in [0.2, 0.25) is 0 Å². The fraction of sp³-hybridized carbons (Fsp3) is 0.545. The standard InChI is InChI=1S/C11H18N4/c1-8(2)5-6-13-10-9(3)14-7-15-11(10)12-4/h6-8H,5H2,1-4H3,(H,12,14,15). The Morgan fingerprint density at radius 2 is 2.20 bits per heavy atom. The van der Waals surface area contributed by atoms with Gasteiger partial charge in [0.1, 0.15) is 12.0 Å². The topological polar surface area (TPSA) is 50.2 Å². The zero-order valence-electron chi connectivity index (χ0n) is 9.78. The van der Waals surface area contributed by atoms with Crippen molar-refractivity contribution in [2.45, 2.75) is 27.2 Å². The molecule has 0 amide bonds. The van der Waals surface area contributed by atoms with Gasteiger partial charge in [-0.15, -0.1) is 0 Å². The number of aryl methyl sites for hydroxylation is 1. The molecule has 82 valence electrons. The van der Waals surface area contributed by atoms with Crippen molar-refractivity contribution in [1.82, 2.24) is 9.97 Å². The van der Waals surface area contributed by atoms with Crippen LogP contribution in [0.4, 0.5) is 11.5 Å². The van der Waals surface area contributed by atoms with E-state index < -0.39 is 0 Å². The van der Waals surface area contributed by atoms with E-state index in [9.17, 15) is 0 Å². The summed E-state index contributed by atoms with van der Waals surface area (Å²) < 4.78 is 0. The highest BCUT2D eigenvalue weighted by Crippen LogP contribution is 2.23. The average Bonchev–Trinajstić information content (AvgIpc) is 2.20. The summed E-state index contributed by atoms with van der Waals surface area (Å²) in [6.45, 7) is 6.27. The summed E-state index contributed by atoms with van der Waals surface area (Å²) in [7, 11) is 1.84. The molecule has 1 rings (SSSR count). The molecule has 1 aromatic rings. The van der Waals surface area contributed by atoms with Crippen LogP contribution in [0.3, 0.4) is 0 Å². The van der Waals surface area contributed by atoms with Crippen molar-refractivity contribution in [1.29, 1.82) is 0 Å². The predicted octanol–water partition coefficient (Wildman–Crippen LogP) is 2.58. The Labute approximate surface area is 90.9 Å². The van der Waals surface area contributed by atoms with Crippen molar-refractivity contribution >= 4 is 17.7 Å². The van der Waals surface area contributed by atoms with Crippen molar-refractivity contribution in [2.75, 3.05) is 12.4 Å². The predicted molar refractivity (Wildman–Crippen MR) is 63.9 cm³/mol. The molecule has 4 nitrogen and oxygen atoms in total. The molecule has 4 heteroatoms. The summed E-state index contributed by atoms with van der Waals surface area (Å²) in [4.78, 5) is 12.6. The first-order valence-electron chi connectivity index (χ1n) is 5.17. The van der Waals surface area contributed by atoms with E-state index in [-0.39, 0.29) is 0 Å². The van der Waals surface area contributed by atoms with Crippen LogP contribution in [0, 0.1) is 12.8 Å². The van der Waals surface area contributed by atoms with E-state index in [1.807, 2.05) is 20.2 Å². The van der Waals surface area contributed by atoms with Crippen LogP contribution < -0.4 is 5.32 Å². The van der Waals surface area contributed by atoms with Crippen molar-refractivity contribution < 1.29 is 0 Å². The van der Waals surface area contributed by atoms with Gasteiger partial charge in [0, 0.05) is 13.3 Å². The monoisotopic (exact) mass is 206 g/mol. The molecule has 0 unspecified atom stereocenters. The SMILES string of the molecule is CNc1ncnc(C)c1N=CCC(C)C. The number of hydrogen-bond donors (Lipinski definition) is 1. The van der Waals surface area contributed by atoms with Gasteiger partial charge in [-0.2, -0.15) is 0 Å². The Morgan fingerprint density at radius 3 is 2.80 bits per heavy atom. The first kappa shape index (κ1) is 11.6. The summed E-state index contributed by atoms with van der Waals surface area (Å²) in [5.74, 6) is 1.40. The van der Waals surface area contributed by atoms with E-state index in [0.29, 0.717) is 5.92 Å². The molecule has 0 aromatic carbocycles. The van der Waals surface area contributed by atoms with Crippen LogP contribution in [-0.2, 0) is 0 Å². The third-order valence-electron chi connectivity index (χ3n) is 2.04. The number of nitrogens with zero attached hydrogens (tertiary/aromatic N) is 3. The van der Waals surface area contributed by atoms with E-state index in [1.165, 1.54) is 0 Å². The molecular weight excluding hydrogens is 188 g/mol. The fourth-order valence-electron chi connectivity index (χ4n) is 1.16. The quantitative estimate of drug-likeness (QED) is 0.770. The minimum Gasteiger partial charge on any atom is -0.371 e. The van der Waals surface area contributed by atoms with Gasteiger partial charge >= 0.3 is 0 Å². The molecule has 1 aromatic heterocycles. The van der Waals surface area contributed by atoms with Gasteiger partial charge in [-0.25, -0.2) is 9.97 Å². The zero-order valence-corrected chi connectivity index (χ0v) is 9.78. The number of anilines is 1. The second-order valence-electron chi connectivity index (χ2n) is 3.85. The van der Waals surface area contributed by atoms with Gasteiger partial charge in [-0.1, -0.05) is 13.8 Å².